The zero-order valence-corrected chi connectivity index (χ0v) is 14.9. The molecule has 3 N–H and O–H groups in total. The van der Waals surface area contributed by atoms with Gasteiger partial charge in [-0.15, -0.1) is 4.40 Å². The third-order valence-electron chi connectivity index (χ3n) is 3.83. The van der Waals surface area contributed by atoms with E-state index in [1.165, 1.54) is 0 Å². The van der Waals surface area contributed by atoms with Crippen molar-refractivity contribution in [3.8, 4) is 5.75 Å². The molecule has 0 spiro atoms. The number of ketones is 1. The zero-order valence-electron chi connectivity index (χ0n) is 14.1. The van der Waals surface area contributed by atoms with Gasteiger partial charge in [0.05, 0.1) is 17.9 Å². The van der Waals surface area contributed by atoms with E-state index in [4.69, 9.17) is 10.5 Å². The number of ether oxygens (including phenoxy) is 1. The number of amidine groups is 1. The lowest BCUT2D eigenvalue weighted by Crippen LogP contribution is -2.28. The van der Waals surface area contributed by atoms with Crippen LogP contribution >= 0.6 is 0 Å². The number of anilines is 1. The number of benzene rings is 1. The molecule has 1 aliphatic rings. The van der Waals surface area contributed by atoms with E-state index >= 15 is 0 Å². The molecule has 0 saturated heterocycles. The van der Waals surface area contributed by atoms with Gasteiger partial charge < -0.3 is 10.5 Å². The van der Waals surface area contributed by atoms with E-state index < -0.39 is 10.2 Å². The number of hydrogen-bond acceptors (Lipinski definition) is 5. The number of nitrogens with zero attached hydrogens (tertiary/aromatic N) is 1. The Balaban J connectivity index is 2.14. The fourth-order valence-corrected chi connectivity index (χ4v) is 3.18. The Labute approximate surface area is 142 Å². The van der Waals surface area contributed by atoms with Crippen LogP contribution in [0.25, 0.3) is 0 Å². The minimum atomic E-state index is -3.81. The summed E-state index contributed by atoms with van der Waals surface area (Å²) in [6.07, 6.45) is 1.77. The number of nitrogens with one attached hydrogen (secondary N) is 1. The third kappa shape index (κ3) is 4.47. The van der Waals surface area contributed by atoms with Gasteiger partial charge in [0.15, 0.2) is 5.84 Å². The van der Waals surface area contributed by atoms with Gasteiger partial charge in [0.25, 0.3) is 0 Å². The van der Waals surface area contributed by atoms with Crippen LogP contribution in [0.1, 0.15) is 45.6 Å². The zero-order chi connectivity index (χ0) is 18.0. The van der Waals surface area contributed by atoms with E-state index in [0.717, 1.165) is 0 Å². The summed E-state index contributed by atoms with van der Waals surface area (Å²) >= 11 is 0. The summed E-state index contributed by atoms with van der Waals surface area (Å²) in [6, 6.07) is 5.00. The van der Waals surface area contributed by atoms with Gasteiger partial charge in [-0.25, -0.2) is 0 Å². The number of carbonyl (C=O) groups is 1. The molecule has 0 amide bonds. The van der Waals surface area contributed by atoms with Crippen molar-refractivity contribution in [2.75, 3.05) is 11.3 Å². The van der Waals surface area contributed by atoms with Crippen LogP contribution in [-0.2, 0) is 15.0 Å². The average molecular weight is 353 g/mol. The lowest BCUT2D eigenvalue weighted by molar-refractivity contribution is -0.119. The van der Waals surface area contributed by atoms with E-state index in [0.29, 0.717) is 42.9 Å². The molecule has 0 radical (unpaired) electrons. The summed E-state index contributed by atoms with van der Waals surface area (Å²) in [4.78, 5) is 11.5. The standard InChI is InChI=1S/C16H23N3O4S/c1-4-11(20)8-9-16(2,3)10-23-13-7-5-6-12-14(13)15(17)19-24(21,22)18-12/h5-7,18H,4,8-10H2,1-3H3,(H2,17,19). The molecule has 0 saturated carbocycles. The van der Waals surface area contributed by atoms with Gasteiger partial charge in [-0.1, -0.05) is 26.8 Å². The van der Waals surface area contributed by atoms with E-state index in [1.807, 2.05) is 20.8 Å². The summed E-state index contributed by atoms with van der Waals surface area (Å²) in [5, 5.41) is 0. The second-order valence-electron chi connectivity index (χ2n) is 6.58. The highest BCUT2D eigenvalue weighted by molar-refractivity contribution is 7.91. The van der Waals surface area contributed by atoms with Crippen molar-refractivity contribution in [3.05, 3.63) is 23.8 Å². The molecule has 1 aromatic rings. The molecular weight excluding hydrogens is 330 g/mol. The monoisotopic (exact) mass is 353 g/mol. The maximum atomic E-state index is 11.6. The van der Waals surface area contributed by atoms with Crippen molar-refractivity contribution in [2.45, 2.75) is 40.0 Å². The van der Waals surface area contributed by atoms with Crippen LogP contribution in [-0.4, -0.2) is 26.6 Å². The number of Topliss-reactive ketones (excluding diaryl/α,β-unsaturated/α-hetero) is 1. The number of nitrogens with two attached hydrogens (primary N) is 1. The SMILES string of the molecule is CCC(=O)CCC(C)(C)COc1cccc2c1C(N)=NS(=O)(=O)N2. The molecule has 0 fully saturated rings. The van der Waals surface area contributed by atoms with Crippen molar-refractivity contribution in [1.29, 1.82) is 0 Å². The molecule has 1 heterocycles. The highest BCUT2D eigenvalue weighted by Gasteiger charge is 2.26. The molecular formula is C16H23N3O4S. The number of rotatable bonds is 7. The maximum Gasteiger partial charge on any atom is 0.344 e. The van der Waals surface area contributed by atoms with Crippen molar-refractivity contribution < 1.29 is 17.9 Å². The van der Waals surface area contributed by atoms with Gasteiger partial charge in [0.1, 0.15) is 11.5 Å². The molecule has 132 valence electrons. The predicted octanol–water partition coefficient (Wildman–Crippen LogP) is 2.23. The Hall–Kier alpha value is -2.09. The maximum absolute atomic E-state index is 11.6. The molecule has 2 rings (SSSR count). The Morgan fingerprint density at radius 3 is 2.75 bits per heavy atom. The number of hydrogen-bond donors (Lipinski definition) is 2. The van der Waals surface area contributed by atoms with Crippen LogP contribution in [0.15, 0.2) is 22.6 Å². The van der Waals surface area contributed by atoms with Crippen LogP contribution in [0.3, 0.4) is 0 Å². The van der Waals surface area contributed by atoms with Crippen LogP contribution < -0.4 is 15.2 Å². The Kier molecular flexibility index (Phi) is 5.17. The van der Waals surface area contributed by atoms with Gasteiger partial charge in [0.2, 0.25) is 0 Å². The second-order valence-corrected chi connectivity index (χ2v) is 7.91. The van der Waals surface area contributed by atoms with Crippen LogP contribution in [0, 0.1) is 5.41 Å². The Bertz CT molecular complexity index is 770. The van der Waals surface area contributed by atoms with Gasteiger partial charge in [-0.2, -0.15) is 8.42 Å². The molecule has 0 atom stereocenters. The second kappa shape index (κ2) is 6.80. The lowest BCUT2D eigenvalue weighted by Gasteiger charge is -2.26. The van der Waals surface area contributed by atoms with Gasteiger partial charge in [0, 0.05) is 12.8 Å². The number of carbonyl (C=O) groups excluding carboxylic acids is 1. The third-order valence-corrected chi connectivity index (χ3v) is 4.75. The summed E-state index contributed by atoms with van der Waals surface area (Å²) in [5.41, 5.74) is 6.37. The fraction of sp³-hybridized carbons (Fsp3) is 0.500. The fourth-order valence-electron chi connectivity index (χ4n) is 2.34. The highest BCUT2D eigenvalue weighted by Crippen LogP contribution is 2.32. The molecule has 8 heteroatoms. The van der Waals surface area contributed by atoms with E-state index in [9.17, 15) is 13.2 Å². The Morgan fingerprint density at radius 1 is 1.38 bits per heavy atom. The summed E-state index contributed by atoms with van der Waals surface area (Å²) in [5.74, 6) is 0.593. The topological polar surface area (TPSA) is 111 Å². The predicted molar refractivity (Wildman–Crippen MR) is 93.5 cm³/mol. The average Bonchev–Trinajstić information content (AvgIpc) is 2.49. The van der Waals surface area contributed by atoms with E-state index in [2.05, 4.69) is 9.12 Å². The first kappa shape index (κ1) is 18.3. The molecule has 1 aliphatic heterocycles. The molecule has 24 heavy (non-hydrogen) atoms. The van der Waals surface area contributed by atoms with Crippen molar-refractivity contribution in [2.24, 2.45) is 15.5 Å². The van der Waals surface area contributed by atoms with Crippen molar-refractivity contribution in [1.82, 2.24) is 0 Å². The van der Waals surface area contributed by atoms with Gasteiger partial charge >= 0.3 is 10.2 Å². The molecule has 0 unspecified atom stereocenters. The molecule has 0 bridgehead atoms. The first-order valence-electron chi connectivity index (χ1n) is 7.79. The van der Waals surface area contributed by atoms with Gasteiger partial charge in [-0.3, -0.25) is 9.52 Å². The summed E-state index contributed by atoms with van der Waals surface area (Å²) in [7, 11) is -3.81. The molecule has 0 aromatic heterocycles. The lowest BCUT2D eigenvalue weighted by atomic mass is 9.87. The van der Waals surface area contributed by atoms with Crippen molar-refractivity contribution >= 4 is 27.5 Å². The molecule has 0 aliphatic carbocycles. The minimum absolute atomic E-state index is 0.0988. The molecule has 7 nitrogen and oxygen atoms in total. The Morgan fingerprint density at radius 2 is 2.08 bits per heavy atom. The summed E-state index contributed by atoms with van der Waals surface area (Å²) < 4.78 is 34.8. The first-order chi connectivity index (χ1) is 11.1. The first-order valence-corrected chi connectivity index (χ1v) is 9.23. The normalized spacial score (nSPS) is 15.9. The van der Waals surface area contributed by atoms with Crippen molar-refractivity contribution in [3.63, 3.8) is 0 Å². The van der Waals surface area contributed by atoms with Crippen LogP contribution in [0.5, 0.6) is 5.75 Å². The smallest absolute Gasteiger partial charge is 0.344 e. The highest BCUT2D eigenvalue weighted by atomic mass is 32.2. The van der Waals surface area contributed by atoms with E-state index in [1.54, 1.807) is 18.2 Å². The minimum Gasteiger partial charge on any atom is -0.492 e. The largest absolute Gasteiger partial charge is 0.492 e. The summed E-state index contributed by atoms with van der Waals surface area (Å²) in [6.45, 7) is 6.27. The number of fused-ring (bicyclic) bond motifs is 1. The quantitative estimate of drug-likeness (QED) is 0.781. The van der Waals surface area contributed by atoms with Crippen LogP contribution in [0.4, 0.5) is 5.69 Å². The molecule has 1 aromatic carbocycles. The van der Waals surface area contributed by atoms with Gasteiger partial charge in [-0.05, 0) is 24.0 Å². The van der Waals surface area contributed by atoms with Crippen LogP contribution in [0.2, 0.25) is 0 Å². The van der Waals surface area contributed by atoms with E-state index in [-0.39, 0.29) is 17.0 Å².